The first kappa shape index (κ1) is 22.4. The zero-order valence-corrected chi connectivity index (χ0v) is 18.5. The molecule has 0 unspecified atom stereocenters. The second kappa shape index (κ2) is 10.2. The maximum absolute atomic E-state index is 11.5. The molecule has 2 aromatic carbocycles. The first-order valence-electron chi connectivity index (χ1n) is 10.1. The van der Waals surface area contributed by atoms with Crippen molar-refractivity contribution in [2.24, 2.45) is 0 Å². The van der Waals surface area contributed by atoms with Crippen LogP contribution in [0.2, 0.25) is 5.02 Å². The predicted molar refractivity (Wildman–Crippen MR) is 119 cm³/mol. The number of Topliss-reactive ketones (excluding diaryl/α,β-unsaturated/α-hetero) is 1. The Balaban J connectivity index is 1.49. The minimum Gasteiger partial charge on any atom is -0.493 e. The molecule has 1 atom stereocenters. The fourth-order valence-electron chi connectivity index (χ4n) is 3.65. The van der Waals surface area contributed by atoms with Gasteiger partial charge in [-0.3, -0.25) is 9.69 Å². The third-order valence-electron chi connectivity index (χ3n) is 5.42. The standard InChI is InChI=1S/C23H29ClN2O4/c1-16-20(24)5-4-6-21(16)26-11-9-25(10-12-26)14-19(28)15-30-22-8-7-18(17(2)27)13-23(22)29-3/h4-8,13,19,28H,9-12,14-15H2,1-3H3/t19-/m0/s1. The van der Waals surface area contributed by atoms with Crippen LogP contribution in [0.1, 0.15) is 22.8 Å². The van der Waals surface area contributed by atoms with E-state index in [2.05, 4.69) is 15.9 Å². The highest BCUT2D eigenvalue weighted by atomic mass is 35.5. The highest BCUT2D eigenvalue weighted by Crippen LogP contribution is 2.29. The molecule has 1 fully saturated rings. The SMILES string of the molecule is COc1cc(C(C)=O)ccc1OC[C@@H](O)CN1CCN(c2cccc(Cl)c2C)CC1. The lowest BCUT2D eigenvalue weighted by molar-refractivity contribution is 0.0653. The molecule has 0 aliphatic carbocycles. The average molecular weight is 433 g/mol. The molecule has 0 radical (unpaired) electrons. The lowest BCUT2D eigenvalue weighted by Gasteiger charge is -2.37. The molecule has 2 aromatic rings. The first-order valence-corrected chi connectivity index (χ1v) is 10.5. The topological polar surface area (TPSA) is 62.2 Å². The normalized spacial score (nSPS) is 15.7. The minimum absolute atomic E-state index is 0.0352. The second-order valence-corrected chi connectivity index (χ2v) is 7.97. The molecule has 1 aliphatic rings. The molecule has 1 heterocycles. The number of ketones is 1. The Morgan fingerprint density at radius 3 is 2.57 bits per heavy atom. The molecule has 0 amide bonds. The number of rotatable bonds is 8. The van der Waals surface area contributed by atoms with Crippen molar-refractivity contribution in [2.45, 2.75) is 20.0 Å². The van der Waals surface area contributed by atoms with Gasteiger partial charge in [-0.1, -0.05) is 17.7 Å². The van der Waals surface area contributed by atoms with Gasteiger partial charge in [0.2, 0.25) is 0 Å². The van der Waals surface area contributed by atoms with Gasteiger partial charge in [0, 0.05) is 49.0 Å². The third-order valence-corrected chi connectivity index (χ3v) is 5.83. The summed E-state index contributed by atoms with van der Waals surface area (Å²) in [6.07, 6.45) is -0.623. The lowest BCUT2D eigenvalue weighted by Crippen LogP contribution is -2.49. The van der Waals surface area contributed by atoms with Crippen LogP contribution in [0.15, 0.2) is 36.4 Å². The molecule has 0 saturated carbocycles. The maximum Gasteiger partial charge on any atom is 0.161 e. The van der Waals surface area contributed by atoms with Gasteiger partial charge < -0.3 is 19.5 Å². The Bertz CT molecular complexity index is 882. The number of hydrogen-bond donors (Lipinski definition) is 1. The van der Waals surface area contributed by atoms with Gasteiger partial charge in [-0.15, -0.1) is 0 Å². The monoisotopic (exact) mass is 432 g/mol. The third kappa shape index (κ3) is 5.45. The number of β-amino-alcohol motifs (C(OH)–C–C–N with tert-alkyl or cyclic N) is 1. The fourth-order valence-corrected chi connectivity index (χ4v) is 3.82. The van der Waals surface area contributed by atoms with E-state index in [0.29, 0.717) is 23.6 Å². The summed E-state index contributed by atoms with van der Waals surface area (Å²) < 4.78 is 11.1. The van der Waals surface area contributed by atoms with Gasteiger partial charge >= 0.3 is 0 Å². The van der Waals surface area contributed by atoms with Crippen molar-refractivity contribution in [3.63, 3.8) is 0 Å². The van der Waals surface area contributed by atoms with Gasteiger partial charge in [-0.2, -0.15) is 0 Å². The summed E-state index contributed by atoms with van der Waals surface area (Å²) >= 11 is 6.25. The number of halogens is 1. The van der Waals surface area contributed by atoms with Crippen molar-refractivity contribution in [2.75, 3.05) is 51.3 Å². The largest absolute Gasteiger partial charge is 0.493 e. The van der Waals surface area contributed by atoms with Crippen molar-refractivity contribution in [1.82, 2.24) is 4.90 Å². The van der Waals surface area contributed by atoms with E-state index in [0.717, 1.165) is 36.8 Å². The molecule has 1 saturated heterocycles. The summed E-state index contributed by atoms with van der Waals surface area (Å²) in [5, 5.41) is 11.2. The molecular weight excluding hydrogens is 404 g/mol. The summed E-state index contributed by atoms with van der Waals surface area (Å²) in [5.41, 5.74) is 2.84. The second-order valence-electron chi connectivity index (χ2n) is 7.56. The molecule has 1 N–H and O–H groups in total. The number of ether oxygens (including phenoxy) is 2. The maximum atomic E-state index is 11.5. The molecule has 6 nitrogen and oxygen atoms in total. The van der Waals surface area contributed by atoms with Crippen molar-refractivity contribution >= 4 is 23.1 Å². The number of carbonyl (C=O) groups excluding carboxylic acids is 1. The summed E-state index contributed by atoms with van der Waals surface area (Å²) in [7, 11) is 1.53. The Labute approximate surface area is 183 Å². The number of hydrogen-bond acceptors (Lipinski definition) is 6. The van der Waals surface area contributed by atoms with Crippen molar-refractivity contribution < 1.29 is 19.4 Å². The van der Waals surface area contributed by atoms with E-state index >= 15 is 0 Å². The zero-order chi connectivity index (χ0) is 21.7. The Morgan fingerprint density at radius 1 is 1.17 bits per heavy atom. The Morgan fingerprint density at radius 2 is 1.90 bits per heavy atom. The molecule has 1 aliphatic heterocycles. The number of anilines is 1. The predicted octanol–water partition coefficient (Wildman–Crippen LogP) is 3.42. The number of aliphatic hydroxyl groups excluding tert-OH is 1. The lowest BCUT2D eigenvalue weighted by atomic mass is 10.1. The number of aliphatic hydroxyl groups is 1. The molecule has 7 heteroatoms. The van der Waals surface area contributed by atoms with Crippen LogP contribution >= 0.6 is 11.6 Å². The van der Waals surface area contributed by atoms with Crippen LogP contribution in [0.25, 0.3) is 0 Å². The fraction of sp³-hybridized carbons (Fsp3) is 0.435. The number of carbonyl (C=O) groups is 1. The van der Waals surface area contributed by atoms with E-state index in [-0.39, 0.29) is 12.4 Å². The van der Waals surface area contributed by atoms with Crippen LogP contribution in [0.5, 0.6) is 11.5 Å². The molecule has 162 valence electrons. The van der Waals surface area contributed by atoms with Crippen LogP contribution in [-0.4, -0.2) is 68.3 Å². The van der Waals surface area contributed by atoms with Crippen LogP contribution in [-0.2, 0) is 0 Å². The minimum atomic E-state index is -0.623. The van der Waals surface area contributed by atoms with Crippen LogP contribution in [0.3, 0.4) is 0 Å². The van der Waals surface area contributed by atoms with E-state index in [9.17, 15) is 9.90 Å². The molecular formula is C23H29ClN2O4. The molecule has 0 bridgehead atoms. The molecule has 3 rings (SSSR count). The summed E-state index contributed by atoms with van der Waals surface area (Å²) in [5.74, 6) is 0.968. The summed E-state index contributed by atoms with van der Waals surface area (Å²) in [6, 6.07) is 11.1. The molecule has 30 heavy (non-hydrogen) atoms. The average Bonchev–Trinajstić information content (AvgIpc) is 2.74. The number of nitrogens with zero attached hydrogens (tertiary/aromatic N) is 2. The van der Waals surface area contributed by atoms with E-state index in [1.54, 1.807) is 18.2 Å². The summed E-state index contributed by atoms with van der Waals surface area (Å²) in [6.45, 7) is 7.73. The Kier molecular flexibility index (Phi) is 7.58. The number of piperazine rings is 1. The highest BCUT2D eigenvalue weighted by Gasteiger charge is 2.21. The quantitative estimate of drug-likeness (QED) is 0.645. The van der Waals surface area contributed by atoms with E-state index in [4.69, 9.17) is 21.1 Å². The van der Waals surface area contributed by atoms with Gasteiger partial charge in [0.15, 0.2) is 17.3 Å². The van der Waals surface area contributed by atoms with Crippen LogP contribution < -0.4 is 14.4 Å². The molecule has 0 spiro atoms. The highest BCUT2D eigenvalue weighted by molar-refractivity contribution is 6.31. The van der Waals surface area contributed by atoms with Gasteiger partial charge in [0.05, 0.1) is 7.11 Å². The van der Waals surface area contributed by atoms with E-state index in [1.807, 2.05) is 19.1 Å². The van der Waals surface area contributed by atoms with Gasteiger partial charge in [-0.25, -0.2) is 0 Å². The zero-order valence-electron chi connectivity index (χ0n) is 17.7. The van der Waals surface area contributed by atoms with Crippen molar-refractivity contribution in [3.8, 4) is 11.5 Å². The van der Waals surface area contributed by atoms with Crippen molar-refractivity contribution in [3.05, 3.63) is 52.5 Å². The van der Waals surface area contributed by atoms with Gasteiger partial charge in [0.25, 0.3) is 0 Å². The smallest absolute Gasteiger partial charge is 0.161 e. The van der Waals surface area contributed by atoms with Gasteiger partial charge in [-0.05, 0) is 49.7 Å². The number of methoxy groups -OCH3 is 1. The van der Waals surface area contributed by atoms with E-state index < -0.39 is 6.10 Å². The van der Waals surface area contributed by atoms with E-state index in [1.165, 1.54) is 19.7 Å². The summed E-state index contributed by atoms with van der Waals surface area (Å²) in [4.78, 5) is 16.1. The van der Waals surface area contributed by atoms with Crippen LogP contribution in [0, 0.1) is 6.92 Å². The van der Waals surface area contributed by atoms with Crippen LogP contribution in [0.4, 0.5) is 5.69 Å². The molecule has 0 aromatic heterocycles. The van der Waals surface area contributed by atoms with Crippen molar-refractivity contribution in [1.29, 1.82) is 0 Å². The number of benzene rings is 2. The Hall–Kier alpha value is -2.28. The van der Waals surface area contributed by atoms with Gasteiger partial charge in [0.1, 0.15) is 12.7 Å². The first-order chi connectivity index (χ1) is 14.4.